The average Bonchev–Trinajstić information content (AvgIpc) is 2.42. The summed E-state index contributed by atoms with van der Waals surface area (Å²) in [6.07, 6.45) is 8.19. The van der Waals surface area contributed by atoms with Gasteiger partial charge in [-0.05, 0) is 30.5 Å². The highest BCUT2D eigenvalue weighted by molar-refractivity contribution is 5.61. The summed E-state index contributed by atoms with van der Waals surface area (Å²) in [4.78, 5) is 0. The van der Waals surface area contributed by atoms with Crippen molar-refractivity contribution in [2.24, 2.45) is 5.92 Å². The van der Waals surface area contributed by atoms with E-state index in [0.29, 0.717) is 11.3 Å². The first-order chi connectivity index (χ1) is 8.79. The maximum absolute atomic E-state index is 8.91. The molecule has 1 fully saturated rings. The molecule has 0 spiro atoms. The van der Waals surface area contributed by atoms with Crippen molar-refractivity contribution >= 4 is 11.4 Å². The molecule has 2 rings (SSSR count). The normalized spacial score (nSPS) is 16.2. The number of nitrogens with zero attached hydrogens (tertiary/aromatic N) is 1. The van der Waals surface area contributed by atoms with Crippen LogP contribution in [-0.2, 0) is 0 Å². The molecule has 3 nitrogen and oxygen atoms in total. The van der Waals surface area contributed by atoms with Crippen LogP contribution in [0, 0.1) is 17.2 Å². The third-order valence-electron chi connectivity index (χ3n) is 3.78. The summed E-state index contributed by atoms with van der Waals surface area (Å²) < 4.78 is 0. The Morgan fingerprint density at radius 2 is 2.06 bits per heavy atom. The van der Waals surface area contributed by atoms with Gasteiger partial charge in [0.2, 0.25) is 0 Å². The number of nitrogens with one attached hydrogen (secondary N) is 1. The molecule has 0 atom stereocenters. The quantitative estimate of drug-likeness (QED) is 0.795. The van der Waals surface area contributed by atoms with E-state index in [-0.39, 0.29) is 0 Å². The summed E-state index contributed by atoms with van der Waals surface area (Å²) in [5, 5.41) is 12.3. The van der Waals surface area contributed by atoms with Crippen molar-refractivity contribution in [3.63, 3.8) is 0 Å². The predicted octanol–water partition coefficient (Wildman–Crippen LogP) is 3.52. The number of nitriles is 1. The zero-order valence-corrected chi connectivity index (χ0v) is 10.8. The molecule has 0 radical (unpaired) electrons. The molecule has 1 aliphatic carbocycles. The number of hydrogen-bond donors (Lipinski definition) is 2. The molecule has 1 aromatic rings. The highest BCUT2D eigenvalue weighted by atomic mass is 14.9. The Bertz CT molecular complexity index is 428. The third kappa shape index (κ3) is 3.40. The molecular formula is C15H21N3. The second-order valence-electron chi connectivity index (χ2n) is 5.13. The highest BCUT2D eigenvalue weighted by Crippen LogP contribution is 2.26. The lowest BCUT2D eigenvalue weighted by Gasteiger charge is -2.21. The van der Waals surface area contributed by atoms with Gasteiger partial charge in [0.15, 0.2) is 0 Å². The highest BCUT2D eigenvalue weighted by Gasteiger charge is 2.12. The number of hydrogen-bond acceptors (Lipinski definition) is 3. The second-order valence-corrected chi connectivity index (χ2v) is 5.13. The fraction of sp³-hybridized carbons (Fsp3) is 0.533. The van der Waals surface area contributed by atoms with Crippen LogP contribution < -0.4 is 11.1 Å². The van der Waals surface area contributed by atoms with Gasteiger partial charge in [0.1, 0.15) is 6.07 Å². The van der Waals surface area contributed by atoms with Crippen molar-refractivity contribution in [3.8, 4) is 6.07 Å². The minimum Gasteiger partial charge on any atom is -0.398 e. The molecular weight excluding hydrogens is 222 g/mol. The Hall–Kier alpha value is -1.69. The molecule has 0 aliphatic heterocycles. The van der Waals surface area contributed by atoms with E-state index >= 15 is 0 Å². The van der Waals surface area contributed by atoms with Gasteiger partial charge < -0.3 is 11.1 Å². The Morgan fingerprint density at radius 1 is 1.28 bits per heavy atom. The average molecular weight is 243 g/mol. The molecule has 96 valence electrons. The van der Waals surface area contributed by atoms with Crippen LogP contribution in [0.4, 0.5) is 11.4 Å². The van der Waals surface area contributed by atoms with E-state index in [2.05, 4.69) is 11.4 Å². The molecule has 0 bridgehead atoms. The number of anilines is 2. The van der Waals surface area contributed by atoms with Crippen molar-refractivity contribution < 1.29 is 0 Å². The van der Waals surface area contributed by atoms with E-state index < -0.39 is 0 Å². The van der Waals surface area contributed by atoms with Crippen LogP contribution in [0.5, 0.6) is 0 Å². The van der Waals surface area contributed by atoms with Crippen LogP contribution in [0.15, 0.2) is 18.2 Å². The van der Waals surface area contributed by atoms with Crippen LogP contribution in [0.2, 0.25) is 0 Å². The molecule has 0 unspecified atom stereocenters. The molecule has 0 saturated heterocycles. The summed E-state index contributed by atoms with van der Waals surface area (Å²) in [6.45, 7) is 0.986. The summed E-state index contributed by atoms with van der Waals surface area (Å²) in [7, 11) is 0. The third-order valence-corrected chi connectivity index (χ3v) is 3.78. The van der Waals surface area contributed by atoms with Crippen LogP contribution in [0.1, 0.15) is 44.1 Å². The van der Waals surface area contributed by atoms with Gasteiger partial charge in [-0.2, -0.15) is 5.26 Å². The summed E-state index contributed by atoms with van der Waals surface area (Å²) in [5.41, 5.74) is 7.80. The van der Waals surface area contributed by atoms with Gasteiger partial charge in [-0.25, -0.2) is 0 Å². The first kappa shape index (κ1) is 12.8. The van der Waals surface area contributed by atoms with E-state index in [1.807, 2.05) is 12.1 Å². The van der Waals surface area contributed by atoms with Crippen molar-refractivity contribution in [1.82, 2.24) is 0 Å². The van der Waals surface area contributed by atoms with E-state index in [1.54, 1.807) is 6.07 Å². The Balaban J connectivity index is 1.81. The zero-order chi connectivity index (χ0) is 12.8. The van der Waals surface area contributed by atoms with E-state index in [4.69, 9.17) is 11.0 Å². The zero-order valence-electron chi connectivity index (χ0n) is 10.8. The Morgan fingerprint density at radius 3 is 2.78 bits per heavy atom. The number of benzene rings is 1. The number of rotatable bonds is 4. The first-order valence-electron chi connectivity index (χ1n) is 6.83. The van der Waals surface area contributed by atoms with Gasteiger partial charge in [-0.15, -0.1) is 0 Å². The van der Waals surface area contributed by atoms with Gasteiger partial charge in [-0.3, -0.25) is 0 Å². The Labute approximate surface area is 109 Å². The van der Waals surface area contributed by atoms with E-state index in [9.17, 15) is 0 Å². The molecule has 0 amide bonds. The second kappa shape index (κ2) is 6.30. The van der Waals surface area contributed by atoms with Crippen LogP contribution in [0.25, 0.3) is 0 Å². The van der Waals surface area contributed by atoms with Crippen LogP contribution >= 0.6 is 0 Å². The van der Waals surface area contributed by atoms with E-state index in [1.165, 1.54) is 38.5 Å². The summed E-state index contributed by atoms with van der Waals surface area (Å²) in [5.74, 6) is 0.885. The maximum atomic E-state index is 8.91. The molecule has 18 heavy (non-hydrogen) atoms. The molecule has 1 aliphatic rings. The standard InChI is InChI=1S/C15H21N3/c16-11-13-10-14(6-7-15(13)17)18-9-8-12-4-2-1-3-5-12/h6-7,10,12,18H,1-5,8-9,17H2. The number of nitrogen functional groups attached to an aromatic ring is 1. The van der Waals surface area contributed by atoms with Gasteiger partial charge >= 0.3 is 0 Å². The first-order valence-corrected chi connectivity index (χ1v) is 6.83. The number of nitrogens with two attached hydrogens (primary N) is 1. The van der Waals surface area contributed by atoms with Crippen molar-refractivity contribution in [3.05, 3.63) is 23.8 Å². The van der Waals surface area contributed by atoms with E-state index in [0.717, 1.165) is 18.2 Å². The summed E-state index contributed by atoms with van der Waals surface area (Å²) in [6, 6.07) is 7.67. The SMILES string of the molecule is N#Cc1cc(NCCC2CCCCC2)ccc1N. The minimum absolute atomic E-state index is 0.551. The van der Waals surface area contributed by atoms with Gasteiger partial charge in [0.25, 0.3) is 0 Å². The van der Waals surface area contributed by atoms with Gasteiger partial charge in [0.05, 0.1) is 5.56 Å². The minimum atomic E-state index is 0.551. The Kier molecular flexibility index (Phi) is 4.46. The van der Waals surface area contributed by atoms with Crippen molar-refractivity contribution in [1.29, 1.82) is 5.26 Å². The van der Waals surface area contributed by atoms with Gasteiger partial charge in [0, 0.05) is 17.9 Å². The molecule has 3 N–H and O–H groups in total. The maximum Gasteiger partial charge on any atom is 0.101 e. The molecule has 1 aromatic carbocycles. The smallest absolute Gasteiger partial charge is 0.101 e. The van der Waals surface area contributed by atoms with Crippen LogP contribution in [-0.4, -0.2) is 6.54 Å². The predicted molar refractivity (Wildman–Crippen MR) is 75.3 cm³/mol. The topological polar surface area (TPSA) is 61.8 Å². The monoisotopic (exact) mass is 243 g/mol. The van der Waals surface area contributed by atoms with Crippen molar-refractivity contribution in [2.45, 2.75) is 38.5 Å². The van der Waals surface area contributed by atoms with Crippen molar-refractivity contribution in [2.75, 3.05) is 17.6 Å². The molecule has 0 aromatic heterocycles. The van der Waals surface area contributed by atoms with Crippen LogP contribution in [0.3, 0.4) is 0 Å². The molecule has 3 heteroatoms. The summed E-state index contributed by atoms with van der Waals surface area (Å²) >= 11 is 0. The lowest BCUT2D eigenvalue weighted by atomic mass is 9.87. The lowest BCUT2D eigenvalue weighted by Crippen LogP contribution is -2.12. The molecule has 0 heterocycles. The largest absolute Gasteiger partial charge is 0.398 e. The fourth-order valence-electron chi connectivity index (χ4n) is 2.66. The molecule has 1 saturated carbocycles. The lowest BCUT2D eigenvalue weighted by molar-refractivity contribution is 0.345. The van der Waals surface area contributed by atoms with Gasteiger partial charge in [-0.1, -0.05) is 32.1 Å². The fourth-order valence-corrected chi connectivity index (χ4v) is 2.66.